The molecule has 1 aliphatic rings. The molecule has 0 unspecified atom stereocenters. The van der Waals surface area contributed by atoms with Gasteiger partial charge in [0.05, 0.1) is 28.3 Å². The van der Waals surface area contributed by atoms with E-state index in [4.69, 9.17) is 28.3 Å². The molecular weight excluding hydrogens is 317 g/mol. The molecule has 0 bridgehead atoms. The van der Waals surface area contributed by atoms with E-state index in [1.807, 2.05) is 0 Å². The molecule has 0 atom stereocenters. The molecule has 0 heterocycles. The van der Waals surface area contributed by atoms with Crippen molar-refractivity contribution in [2.24, 2.45) is 4.99 Å². The molecule has 2 rings (SSSR count). The summed E-state index contributed by atoms with van der Waals surface area (Å²) in [5.74, 6) is -1.11. The van der Waals surface area contributed by atoms with Gasteiger partial charge < -0.3 is 15.3 Å². The van der Waals surface area contributed by atoms with Gasteiger partial charge >= 0.3 is 5.97 Å². The van der Waals surface area contributed by atoms with Gasteiger partial charge in [0.1, 0.15) is 11.5 Å². The maximum atomic E-state index is 10.9. The van der Waals surface area contributed by atoms with Crippen molar-refractivity contribution in [1.29, 1.82) is 0 Å². The smallest absolute Gasteiger partial charge is 0.307 e. The van der Waals surface area contributed by atoms with Crippen LogP contribution in [-0.4, -0.2) is 33.1 Å². The first kappa shape index (κ1) is 15.6. The molecule has 0 spiro atoms. The number of aromatic hydroxyl groups is 1. The van der Waals surface area contributed by atoms with Crippen molar-refractivity contribution in [2.75, 3.05) is 0 Å². The van der Waals surface area contributed by atoms with Gasteiger partial charge in [-0.2, -0.15) is 0 Å². The molecule has 0 saturated carbocycles. The summed E-state index contributed by atoms with van der Waals surface area (Å²) in [6.07, 6.45) is 1.54. The van der Waals surface area contributed by atoms with Crippen LogP contribution in [0.2, 0.25) is 0 Å². The zero-order chi connectivity index (χ0) is 15.6. The Morgan fingerprint density at radius 1 is 1.24 bits per heavy atom. The molecule has 0 radical (unpaired) electrons. The van der Waals surface area contributed by atoms with Gasteiger partial charge in [0, 0.05) is 0 Å². The average molecular weight is 328 g/mol. The number of aliphatic carboxylic acids is 1. The van der Waals surface area contributed by atoms with Crippen LogP contribution < -0.4 is 0 Å². The molecular formula is C14H11Cl2NO4. The predicted molar refractivity (Wildman–Crippen MR) is 80.4 cm³/mol. The molecule has 21 heavy (non-hydrogen) atoms. The van der Waals surface area contributed by atoms with Crippen molar-refractivity contribution in [1.82, 2.24) is 0 Å². The van der Waals surface area contributed by atoms with Crippen LogP contribution in [0.4, 0.5) is 5.69 Å². The van der Waals surface area contributed by atoms with E-state index in [0.717, 1.165) is 0 Å². The van der Waals surface area contributed by atoms with E-state index in [1.54, 1.807) is 0 Å². The maximum absolute atomic E-state index is 10.9. The molecule has 0 fully saturated rings. The number of nitrogens with zero attached hydrogens (tertiary/aromatic N) is 1. The zero-order valence-corrected chi connectivity index (χ0v) is 12.1. The number of benzene rings is 1. The molecule has 3 N–H and O–H groups in total. The van der Waals surface area contributed by atoms with Crippen molar-refractivity contribution in [3.8, 4) is 5.75 Å². The Hall–Kier alpha value is -1.82. The number of phenolic OH excluding ortho intramolecular Hbond substituents is 1. The highest BCUT2D eigenvalue weighted by Gasteiger charge is 2.18. The second-order valence-electron chi connectivity index (χ2n) is 4.36. The quantitative estimate of drug-likeness (QED) is 0.796. The van der Waals surface area contributed by atoms with Gasteiger partial charge in [0.2, 0.25) is 0 Å². The lowest BCUT2D eigenvalue weighted by molar-refractivity contribution is -0.136. The third-order valence-corrected chi connectivity index (χ3v) is 3.33. The Kier molecular flexibility index (Phi) is 4.67. The second-order valence-corrected chi connectivity index (χ2v) is 5.18. The molecule has 1 aromatic carbocycles. The molecule has 5 nitrogen and oxygen atoms in total. The highest BCUT2D eigenvalue weighted by atomic mass is 35.5. The van der Waals surface area contributed by atoms with Crippen LogP contribution in [-0.2, 0) is 11.2 Å². The summed E-state index contributed by atoms with van der Waals surface area (Å²) >= 11 is 12.0. The van der Waals surface area contributed by atoms with Crippen LogP contribution in [0, 0.1) is 0 Å². The Bertz CT molecular complexity index is 658. The Balaban J connectivity index is 2.47. The highest BCUT2D eigenvalue weighted by Crippen LogP contribution is 2.29. The molecule has 0 aromatic heterocycles. The van der Waals surface area contributed by atoms with E-state index >= 15 is 0 Å². The third kappa shape index (κ3) is 3.85. The van der Waals surface area contributed by atoms with E-state index < -0.39 is 12.1 Å². The average Bonchev–Trinajstić information content (AvgIpc) is 2.35. The standard InChI is InChI=1S/C14H11Cl2NO4/c15-10-5-9(19)6-11(16)14(10)17-12-2-1-8(18)3-7(12)4-13(20)21/h1-3,5-6,9,18-19H,4H2,(H,20,21). The fourth-order valence-electron chi connectivity index (χ4n) is 1.83. The molecule has 0 aliphatic heterocycles. The van der Waals surface area contributed by atoms with Gasteiger partial charge in [-0.25, -0.2) is 4.99 Å². The SMILES string of the molecule is O=C(O)Cc1cc(O)ccc1N=C1C(Cl)=CC(O)C=C1Cl. The Labute approximate surface area is 130 Å². The minimum atomic E-state index is -1.05. The largest absolute Gasteiger partial charge is 0.508 e. The normalized spacial score (nSPS) is 18.0. The molecule has 0 amide bonds. The van der Waals surface area contributed by atoms with Crippen LogP contribution >= 0.6 is 23.2 Å². The van der Waals surface area contributed by atoms with E-state index in [2.05, 4.69) is 4.99 Å². The number of aliphatic imine (C=N–C) groups is 1. The fourth-order valence-corrected chi connectivity index (χ4v) is 2.43. The van der Waals surface area contributed by atoms with Gasteiger partial charge in [0.15, 0.2) is 0 Å². The number of aliphatic hydroxyl groups excluding tert-OH is 1. The molecule has 1 aliphatic carbocycles. The van der Waals surface area contributed by atoms with Gasteiger partial charge in [-0.05, 0) is 35.9 Å². The van der Waals surface area contributed by atoms with Crippen LogP contribution in [0.25, 0.3) is 0 Å². The van der Waals surface area contributed by atoms with E-state index in [9.17, 15) is 15.0 Å². The minimum absolute atomic E-state index is 0.0578. The number of hydrogen-bond acceptors (Lipinski definition) is 4. The summed E-state index contributed by atoms with van der Waals surface area (Å²) < 4.78 is 0. The topological polar surface area (TPSA) is 90.1 Å². The lowest BCUT2D eigenvalue weighted by atomic mass is 10.1. The summed E-state index contributed by atoms with van der Waals surface area (Å²) in [7, 11) is 0. The number of rotatable bonds is 3. The van der Waals surface area contributed by atoms with Gasteiger partial charge in [-0.15, -0.1) is 0 Å². The number of carbonyl (C=O) groups is 1. The highest BCUT2D eigenvalue weighted by molar-refractivity contribution is 6.56. The fraction of sp³-hybridized carbons (Fsp3) is 0.143. The van der Waals surface area contributed by atoms with Gasteiger partial charge in [-0.3, -0.25) is 4.79 Å². The number of aliphatic hydroxyl groups is 1. The molecule has 7 heteroatoms. The van der Waals surface area contributed by atoms with E-state index in [-0.39, 0.29) is 27.9 Å². The van der Waals surface area contributed by atoms with E-state index in [1.165, 1.54) is 30.4 Å². The minimum Gasteiger partial charge on any atom is -0.508 e. The summed E-state index contributed by atoms with van der Waals surface area (Å²) in [5.41, 5.74) is 0.899. The number of carboxylic acid groups (broad SMARTS) is 1. The first-order chi connectivity index (χ1) is 9.86. The van der Waals surface area contributed by atoms with E-state index in [0.29, 0.717) is 11.3 Å². The number of halogens is 2. The van der Waals surface area contributed by atoms with Crippen molar-refractivity contribution < 1.29 is 20.1 Å². The van der Waals surface area contributed by atoms with Crippen molar-refractivity contribution >= 4 is 40.6 Å². The predicted octanol–water partition coefficient (Wildman–Crippen LogP) is 2.71. The number of phenols is 1. The summed E-state index contributed by atoms with van der Waals surface area (Å²) in [4.78, 5) is 15.1. The summed E-state index contributed by atoms with van der Waals surface area (Å²) in [6.45, 7) is 0. The van der Waals surface area contributed by atoms with Crippen LogP contribution in [0.1, 0.15) is 5.56 Å². The van der Waals surface area contributed by atoms with Crippen LogP contribution in [0.15, 0.2) is 45.4 Å². The van der Waals surface area contributed by atoms with Crippen LogP contribution in [0.5, 0.6) is 5.75 Å². The Morgan fingerprint density at radius 3 is 2.43 bits per heavy atom. The first-order valence-electron chi connectivity index (χ1n) is 5.92. The van der Waals surface area contributed by atoms with Crippen LogP contribution in [0.3, 0.4) is 0 Å². The van der Waals surface area contributed by atoms with Gasteiger partial charge in [0.25, 0.3) is 0 Å². The van der Waals surface area contributed by atoms with Gasteiger partial charge in [-0.1, -0.05) is 23.2 Å². The Morgan fingerprint density at radius 2 is 1.86 bits per heavy atom. The number of hydrogen-bond donors (Lipinski definition) is 3. The lowest BCUT2D eigenvalue weighted by Crippen LogP contribution is -2.12. The molecule has 110 valence electrons. The third-order valence-electron chi connectivity index (χ3n) is 2.72. The van der Waals surface area contributed by atoms with Crippen molar-refractivity contribution in [3.05, 3.63) is 46.0 Å². The lowest BCUT2D eigenvalue weighted by Gasteiger charge is -2.13. The van der Waals surface area contributed by atoms with Crippen molar-refractivity contribution in [3.63, 3.8) is 0 Å². The summed E-state index contributed by atoms with van der Waals surface area (Å²) in [5, 5.41) is 28.1. The second kappa shape index (κ2) is 6.30. The molecule has 1 aromatic rings. The summed E-state index contributed by atoms with van der Waals surface area (Å²) in [6, 6.07) is 4.18. The first-order valence-corrected chi connectivity index (χ1v) is 6.68. The monoisotopic (exact) mass is 327 g/mol. The maximum Gasteiger partial charge on any atom is 0.307 e. The molecule has 0 saturated heterocycles. The van der Waals surface area contributed by atoms with Crippen molar-refractivity contribution in [2.45, 2.75) is 12.5 Å². The number of allylic oxidation sites excluding steroid dienone is 2. The number of carboxylic acids is 1. The zero-order valence-electron chi connectivity index (χ0n) is 10.6.